The number of amides is 1. The Morgan fingerprint density at radius 1 is 1.12 bits per heavy atom. The first-order valence-electron chi connectivity index (χ1n) is 8.74. The minimum absolute atomic E-state index is 0.000504. The summed E-state index contributed by atoms with van der Waals surface area (Å²) < 4.78 is 2.02. The number of nitrogens with one attached hydrogen (secondary N) is 1. The van der Waals surface area contributed by atoms with Crippen molar-refractivity contribution in [3.05, 3.63) is 89.0 Å². The van der Waals surface area contributed by atoms with E-state index in [1.165, 1.54) is 0 Å². The van der Waals surface area contributed by atoms with Crippen LogP contribution in [-0.4, -0.2) is 15.5 Å². The monoisotopic (exact) mass is 367 g/mol. The third kappa shape index (κ3) is 4.52. The Bertz CT molecular complexity index is 843. The molecule has 1 amide bonds. The van der Waals surface area contributed by atoms with E-state index in [4.69, 9.17) is 11.6 Å². The number of carbonyl (C=O) groups excluding carboxylic acids is 1. The van der Waals surface area contributed by atoms with Crippen LogP contribution in [0.3, 0.4) is 0 Å². The van der Waals surface area contributed by atoms with Crippen LogP contribution in [-0.2, 0) is 17.9 Å². The summed E-state index contributed by atoms with van der Waals surface area (Å²) in [4.78, 5) is 16.9. The second-order valence-electron chi connectivity index (χ2n) is 6.13. The minimum Gasteiger partial charge on any atom is -0.349 e. The van der Waals surface area contributed by atoms with Gasteiger partial charge in [-0.1, -0.05) is 54.1 Å². The van der Waals surface area contributed by atoms with Crippen LogP contribution in [0.4, 0.5) is 0 Å². The Morgan fingerprint density at radius 2 is 1.81 bits per heavy atom. The molecule has 0 saturated heterocycles. The number of halogens is 1. The number of hydrogen-bond donors (Lipinski definition) is 1. The molecule has 26 heavy (non-hydrogen) atoms. The van der Waals surface area contributed by atoms with Gasteiger partial charge in [-0.25, -0.2) is 4.98 Å². The lowest BCUT2D eigenvalue weighted by atomic mass is 9.88. The molecular formula is C21H22ClN3O. The number of aryl methyl sites for hydroxylation is 1. The molecule has 1 N–H and O–H groups in total. The second-order valence-corrected chi connectivity index (χ2v) is 6.56. The average molecular weight is 368 g/mol. The number of aromatic nitrogens is 2. The van der Waals surface area contributed by atoms with Crippen molar-refractivity contribution < 1.29 is 4.79 Å². The average Bonchev–Trinajstić information content (AvgIpc) is 3.13. The topological polar surface area (TPSA) is 46.9 Å². The highest BCUT2D eigenvalue weighted by Gasteiger charge is 2.18. The van der Waals surface area contributed by atoms with Crippen LogP contribution in [0.1, 0.15) is 36.2 Å². The molecule has 3 rings (SSSR count). The van der Waals surface area contributed by atoms with Crippen molar-refractivity contribution in [1.29, 1.82) is 0 Å². The van der Waals surface area contributed by atoms with Gasteiger partial charge in [0.05, 0.1) is 6.54 Å². The Hall–Kier alpha value is -2.59. The van der Waals surface area contributed by atoms with Crippen LogP contribution in [0.5, 0.6) is 0 Å². The van der Waals surface area contributed by atoms with Crippen molar-refractivity contribution in [3.8, 4) is 0 Å². The first-order chi connectivity index (χ1) is 12.7. The van der Waals surface area contributed by atoms with E-state index in [-0.39, 0.29) is 11.8 Å². The molecule has 1 aromatic heterocycles. The number of rotatable bonds is 7. The van der Waals surface area contributed by atoms with Gasteiger partial charge in [0.25, 0.3) is 0 Å². The first kappa shape index (κ1) is 18.2. The highest BCUT2D eigenvalue weighted by Crippen LogP contribution is 2.28. The molecule has 0 bridgehead atoms. The Balaban J connectivity index is 1.73. The summed E-state index contributed by atoms with van der Waals surface area (Å²) in [5.41, 5.74) is 2.19. The molecule has 0 aliphatic carbocycles. The molecule has 0 unspecified atom stereocenters. The van der Waals surface area contributed by atoms with E-state index in [0.717, 1.165) is 23.5 Å². The summed E-state index contributed by atoms with van der Waals surface area (Å²) in [5, 5.41) is 3.68. The van der Waals surface area contributed by atoms with E-state index >= 15 is 0 Å². The zero-order chi connectivity index (χ0) is 18.4. The maximum Gasteiger partial charge on any atom is 0.221 e. The fraction of sp³-hybridized carbons (Fsp3) is 0.238. The molecule has 1 atom stereocenters. The second kappa shape index (κ2) is 8.68. The molecule has 3 aromatic rings. The molecule has 0 saturated carbocycles. The van der Waals surface area contributed by atoms with Gasteiger partial charge in [-0.15, -0.1) is 0 Å². The maximum atomic E-state index is 12.6. The van der Waals surface area contributed by atoms with Gasteiger partial charge in [-0.05, 0) is 30.2 Å². The summed E-state index contributed by atoms with van der Waals surface area (Å²) in [6.45, 7) is 3.32. The molecule has 1 heterocycles. The molecule has 0 aliphatic heterocycles. The summed E-state index contributed by atoms with van der Waals surface area (Å²) in [6.07, 6.45) is 4.05. The van der Waals surface area contributed by atoms with Crippen LogP contribution in [0.2, 0.25) is 5.02 Å². The standard InChI is InChI=1S/C21H22ClN3O/c1-2-25-13-12-23-20(25)15-24-21(26)14-19(16-6-4-3-5-7-16)17-8-10-18(22)11-9-17/h3-13,19H,2,14-15H2,1H3,(H,24,26)/t19-/m1/s1. The van der Waals surface area contributed by atoms with E-state index in [1.54, 1.807) is 6.20 Å². The van der Waals surface area contributed by atoms with Gasteiger partial charge in [0.15, 0.2) is 0 Å². The van der Waals surface area contributed by atoms with E-state index in [1.807, 2.05) is 53.2 Å². The van der Waals surface area contributed by atoms with Crippen molar-refractivity contribution in [3.63, 3.8) is 0 Å². The first-order valence-corrected chi connectivity index (χ1v) is 9.12. The van der Waals surface area contributed by atoms with Crippen LogP contribution in [0, 0.1) is 0 Å². The van der Waals surface area contributed by atoms with Crippen molar-refractivity contribution in [2.45, 2.75) is 32.4 Å². The lowest BCUT2D eigenvalue weighted by Crippen LogP contribution is -2.26. The van der Waals surface area contributed by atoms with Gasteiger partial charge < -0.3 is 9.88 Å². The van der Waals surface area contributed by atoms with Gasteiger partial charge >= 0.3 is 0 Å². The maximum absolute atomic E-state index is 12.6. The zero-order valence-electron chi connectivity index (χ0n) is 14.7. The lowest BCUT2D eigenvalue weighted by molar-refractivity contribution is -0.121. The fourth-order valence-corrected chi connectivity index (χ4v) is 3.16. The van der Waals surface area contributed by atoms with Gasteiger partial charge in [0, 0.05) is 36.3 Å². The quantitative estimate of drug-likeness (QED) is 0.673. The van der Waals surface area contributed by atoms with Crippen LogP contribution < -0.4 is 5.32 Å². The molecular weight excluding hydrogens is 346 g/mol. The summed E-state index contributed by atoms with van der Waals surface area (Å²) in [6, 6.07) is 17.8. The fourth-order valence-electron chi connectivity index (χ4n) is 3.04. The predicted octanol–water partition coefficient (Wildman–Crippen LogP) is 4.39. The van der Waals surface area contributed by atoms with Crippen molar-refractivity contribution >= 4 is 17.5 Å². The van der Waals surface area contributed by atoms with Crippen molar-refractivity contribution in [2.24, 2.45) is 0 Å². The molecule has 2 aromatic carbocycles. The molecule has 0 radical (unpaired) electrons. The van der Waals surface area contributed by atoms with Crippen LogP contribution >= 0.6 is 11.6 Å². The SMILES string of the molecule is CCn1ccnc1CNC(=O)C[C@H](c1ccccc1)c1ccc(Cl)cc1. The summed E-state index contributed by atoms with van der Waals surface area (Å²) >= 11 is 6.01. The van der Waals surface area contributed by atoms with Gasteiger partial charge in [-0.2, -0.15) is 0 Å². The van der Waals surface area contributed by atoms with Gasteiger partial charge in [0.1, 0.15) is 5.82 Å². The van der Waals surface area contributed by atoms with Crippen molar-refractivity contribution in [2.75, 3.05) is 0 Å². The largest absolute Gasteiger partial charge is 0.349 e. The normalized spacial score (nSPS) is 11.9. The molecule has 5 heteroatoms. The zero-order valence-corrected chi connectivity index (χ0v) is 15.5. The molecule has 0 aliphatic rings. The van der Waals surface area contributed by atoms with Crippen LogP contribution in [0.25, 0.3) is 0 Å². The minimum atomic E-state index is -0.0145. The van der Waals surface area contributed by atoms with Gasteiger partial charge in [0.2, 0.25) is 5.91 Å². The number of carbonyl (C=O) groups is 1. The highest BCUT2D eigenvalue weighted by atomic mass is 35.5. The highest BCUT2D eigenvalue weighted by molar-refractivity contribution is 6.30. The summed E-state index contributed by atoms with van der Waals surface area (Å²) in [5.74, 6) is 0.849. The van der Waals surface area contributed by atoms with Crippen molar-refractivity contribution in [1.82, 2.24) is 14.9 Å². The molecule has 134 valence electrons. The van der Waals surface area contributed by atoms with E-state index in [0.29, 0.717) is 18.0 Å². The molecule has 4 nitrogen and oxygen atoms in total. The smallest absolute Gasteiger partial charge is 0.221 e. The van der Waals surface area contributed by atoms with Crippen LogP contribution in [0.15, 0.2) is 67.0 Å². The third-order valence-corrected chi connectivity index (χ3v) is 4.70. The number of imidazole rings is 1. The van der Waals surface area contributed by atoms with E-state index < -0.39 is 0 Å². The number of nitrogens with zero attached hydrogens (tertiary/aromatic N) is 2. The number of hydrogen-bond acceptors (Lipinski definition) is 2. The number of benzene rings is 2. The Morgan fingerprint density at radius 3 is 2.50 bits per heavy atom. The van der Waals surface area contributed by atoms with Gasteiger partial charge in [-0.3, -0.25) is 4.79 Å². The van der Waals surface area contributed by atoms with E-state index in [2.05, 4.69) is 29.4 Å². The summed E-state index contributed by atoms with van der Waals surface area (Å²) in [7, 11) is 0. The molecule has 0 fully saturated rings. The third-order valence-electron chi connectivity index (χ3n) is 4.45. The Kier molecular flexibility index (Phi) is 6.08. The Labute approximate surface area is 158 Å². The molecule has 0 spiro atoms. The van der Waals surface area contributed by atoms with E-state index in [9.17, 15) is 4.79 Å². The lowest BCUT2D eigenvalue weighted by Gasteiger charge is -2.18. The predicted molar refractivity (Wildman–Crippen MR) is 104 cm³/mol.